The van der Waals surface area contributed by atoms with E-state index in [1.807, 2.05) is 51.1 Å². The Labute approximate surface area is 157 Å². The Morgan fingerprint density at radius 1 is 1.04 bits per heavy atom. The minimum absolute atomic E-state index is 0.194. The highest BCUT2D eigenvalue weighted by Crippen LogP contribution is 2.22. The maximum absolute atomic E-state index is 12.4. The van der Waals surface area contributed by atoms with Gasteiger partial charge in [-0.1, -0.05) is 55.8 Å². The molecule has 0 spiro atoms. The van der Waals surface area contributed by atoms with Crippen LogP contribution in [0.3, 0.4) is 0 Å². The lowest BCUT2D eigenvalue weighted by Gasteiger charge is -2.23. The van der Waals surface area contributed by atoms with Gasteiger partial charge < -0.3 is 4.74 Å². The van der Waals surface area contributed by atoms with E-state index in [0.29, 0.717) is 11.4 Å². The van der Waals surface area contributed by atoms with Crippen molar-refractivity contribution in [1.29, 1.82) is 0 Å². The fourth-order valence-corrected chi connectivity index (χ4v) is 3.63. The summed E-state index contributed by atoms with van der Waals surface area (Å²) in [5.74, 6) is 0.827. The van der Waals surface area contributed by atoms with E-state index in [9.17, 15) is 8.42 Å². The fourth-order valence-electron chi connectivity index (χ4n) is 2.39. The molecule has 2 aromatic rings. The first-order valence-corrected chi connectivity index (χ1v) is 10.1. The molecule has 0 fully saturated rings. The van der Waals surface area contributed by atoms with Gasteiger partial charge in [-0.05, 0) is 48.6 Å². The monoisotopic (exact) mass is 373 g/mol. The first kappa shape index (κ1) is 20.2. The van der Waals surface area contributed by atoms with E-state index in [-0.39, 0.29) is 5.41 Å². The molecule has 0 saturated heterocycles. The average Bonchev–Trinajstić information content (AvgIpc) is 2.61. The zero-order chi connectivity index (χ0) is 19.2. The second kappa shape index (κ2) is 8.52. The number of nitrogens with one attached hydrogen (secondary N) is 1. The van der Waals surface area contributed by atoms with Crippen molar-refractivity contribution >= 4 is 16.1 Å². The van der Waals surface area contributed by atoms with Crippen molar-refractivity contribution in [1.82, 2.24) is 4.72 Å². The Kier molecular flexibility index (Phi) is 6.62. The Balaban J connectivity index is 1.92. The van der Waals surface area contributed by atoms with E-state index in [2.05, 4.69) is 10.8 Å². The van der Waals surface area contributed by atoms with Gasteiger partial charge in [0, 0.05) is 6.54 Å². The van der Waals surface area contributed by atoms with Gasteiger partial charge in [0.05, 0.1) is 12.0 Å². The summed E-state index contributed by atoms with van der Waals surface area (Å²) >= 11 is 0. The van der Waals surface area contributed by atoms with Gasteiger partial charge >= 0.3 is 0 Å². The van der Waals surface area contributed by atoms with Crippen LogP contribution in [-0.4, -0.2) is 22.1 Å². The van der Waals surface area contributed by atoms with Gasteiger partial charge in [0.2, 0.25) is 10.0 Å². The molecule has 0 amide bonds. The maximum atomic E-state index is 12.4. The van der Waals surface area contributed by atoms with Crippen LogP contribution < -0.4 is 9.46 Å². The standard InChI is InChI=1S/C21H27NO3S/c1-17-7-13-20(14-8-17)26(23,24)22-16-21(2,3)15-5-6-18-9-11-19(25-4)12-10-18/h5-14,22H,15-16H2,1-4H3. The van der Waals surface area contributed by atoms with Gasteiger partial charge in [-0.25, -0.2) is 13.1 Å². The van der Waals surface area contributed by atoms with Crippen molar-refractivity contribution in [3.05, 3.63) is 65.7 Å². The smallest absolute Gasteiger partial charge is 0.240 e. The van der Waals surface area contributed by atoms with E-state index >= 15 is 0 Å². The summed E-state index contributed by atoms with van der Waals surface area (Å²) in [6.07, 6.45) is 4.87. The Hall–Kier alpha value is -2.11. The number of hydrogen-bond acceptors (Lipinski definition) is 3. The van der Waals surface area contributed by atoms with E-state index < -0.39 is 10.0 Å². The molecule has 26 heavy (non-hydrogen) atoms. The third-order valence-corrected chi connectivity index (χ3v) is 5.59. The molecule has 0 bridgehead atoms. The van der Waals surface area contributed by atoms with Gasteiger partial charge in [-0.15, -0.1) is 0 Å². The van der Waals surface area contributed by atoms with Gasteiger partial charge in [0.25, 0.3) is 0 Å². The molecular weight excluding hydrogens is 346 g/mol. The number of benzene rings is 2. The number of methoxy groups -OCH3 is 1. The van der Waals surface area contributed by atoms with Crippen molar-refractivity contribution in [3.8, 4) is 5.75 Å². The Morgan fingerprint density at radius 2 is 1.65 bits per heavy atom. The highest BCUT2D eigenvalue weighted by Gasteiger charge is 2.21. The highest BCUT2D eigenvalue weighted by atomic mass is 32.2. The number of sulfonamides is 1. The summed E-state index contributed by atoms with van der Waals surface area (Å²) in [6, 6.07) is 14.7. The lowest BCUT2D eigenvalue weighted by molar-refractivity contribution is 0.369. The molecule has 0 atom stereocenters. The lowest BCUT2D eigenvalue weighted by Crippen LogP contribution is -2.33. The fraction of sp³-hybridized carbons (Fsp3) is 0.333. The quantitative estimate of drug-likeness (QED) is 0.745. The molecule has 4 nitrogen and oxygen atoms in total. The van der Waals surface area contributed by atoms with Crippen LogP contribution >= 0.6 is 0 Å². The Morgan fingerprint density at radius 3 is 2.23 bits per heavy atom. The average molecular weight is 374 g/mol. The van der Waals surface area contributed by atoms with Crippen molar-refractivity contribution in [3.63, 3.8) is 0 Å². The van der Waals surface area contributed by atoms with E-state index in [1.54, 1.807) is 31.4 Å². The molecule has 2 aromatic carbocycles. The zero-order valence-corrected chi connectivity index (χ0v) is 16.6. The van der Waals surface area contributed by atoms with E-state index in [4.69, 9.17) is 4.74 Å². The molecule has 2 rings (SSSR count). The van der Waals surface area contributed by atoms with Crippen LogP contribution in [0.2, 0.25) is 0 Å². The summed E-state index contributed by atoms with van der Waals surface area (Å²) in [5, 5.41) is 0. The summed E-state index contributed by atoms with van der Waals surface area (Å²) in [6.45, 7) is 6.39. The normalized spacial score (nSPS) is 12.5. The van der Waals surface area contributed by atoms with Gasteiger partial charge in [-0.2, -0.15) is 0 Å². The second-order valence-electron chi connectivity index (χ2n) is 7.18. The summed E-state index contributed by atoms with van der Waals surface area (Å²) in [5.41, 5.74) is 1.93. The van der Waals surface area contributed by atoms with E-state index in [0.717, 1.165) is 23.3 Å². The minimum Gasteiger partial charge on any atom is -0.497 e. The number of ether oxygens (including phenoxy) is 1. The zero-order valence-electron chi connectivity index (χ0n) is 15.8. The van der Waals surface area contributed by atoms with Crippen LogP contribution in [0.15, 0.2) is 59.5 Å². The molecule has 0 saturated carbocycles. The third kappa shape index (κ3) is 6.00. The second-order valence-corrected chi connectivity index (χ2v) is 8.95. The maximum Gasteiger partial charge on any atom is 0.240 e. The molecule has 0 heterocycles. The van der Waals surface area contributed by atoms with Crippen molar-refractivity contribution in [2.75, 3.05) is 13.7 Å². The molecule has 140 valence electrons. The number of rotatable bonds is 8. The summed E-state index contributed by atoms with van der Waals surface area (Å²) in [4.78, 5) is 0.299. The topological polar surface area (TPSA) is 55.4 Å². The van der Waals surface area contributed by atoms with E-state index in [1.165, 1.54) is 0 Å². The van der Waals surface area contributed by atoms with Crippen LogP contribution in [0, 0.1) is 12.3 Å². The number of aryl methyl sites for hydroxylation is 1. The van der Waals surface area contributed by atoms with Crippen LogP contribution in [-0.2, 0) is 10.0 Å². The molecule has 5 heteroatoms. The highest BCUT2D eigenvalue weighted by molar-refractivity contribution is 7.89. The molecule has 0 aliphatic carbocycles. The molecule has 0 unspecified atom stereocenters. The van der Waals surface area contributed by atoms with Gasteiger partial charge in [0.15, 0.2) is 0 Å². The van der Waals surface area contributed by atoms with Gasteiger partial charge in [-0.3, -0.25) is 0 Å². The van der Waals surface area contributed by atoms with Crippen molar-refractivity contribution in [2.24, 2.45) is 5.41 Å². The summed E-state index contributed by atoms with van der Waals surface area (Å²) in [7, 11) is -1.84. The number of allylic oxidation sites excluding steroid dienone is 1. The molecular formula is C21H27NO3S. The molecule has 0 aromatic heterocycles. The van der Waals surface area contributed by atoms with Crippen molar-refractivity contribution < 1.29 is 13.2 Å². The predicted octanol–water partition coefficient (Wildman–Crippen LogP) is 4.41. The molecule has 0 radical (unpaired) electrons. The first-order valence-electron chi connectivity index (χ1n) is 8.59. The molecule has 1 N–H and O–H groups in total. The molecule has 0 aliphatic rings. The van der Waals surface area contributed by atoms with Crippen LogP contribution in [0.5, 0.6) is 5.75 Å². The number of hydrogen-bond donors (Lipinski definition) is 1. The first-order chi connectivity index (χ1) is 12.2. The van der Waals surface area contributed by atoms with Crippen LogP contribution in [0.4, 0.5) is 0 Å². The van der Waals surface area contributed by atoms with Crippen LogP contribution in [0.1, 0.15) is 31.4 Å². The van der Waals surface area contributed by atoms with Crippen LogP contribution in [0.25, 0.3) is 6.08 Å². The predicted molar refractivity (Wildman–Crippen MR) is 107 cm³/mol. The Bertz CT molecular complexity index is 836. The summed E-state index contributed by atoms with van der Waals surface area (Å²) < 4.78 is 32.7. The SMILES string of the molecule is COc1ccc(C=CCC(C)(C)CNS(=O)(=O)c2ccc(C)cc2)cc1. The van der Waals surface area contributed by atoms with Crippen molar-refractivity contribution in [2.45, 2.75) is 32.1 Å². The molecule has 0 aliphatic heterocycles. The largest absolute Gasteiger partial charge is 0.497 e. The third-order valence-electron chi connectivity index (χ3n) is 4.17. The van der Waals surface area contributed by atoms with Gasteiger partial charge in [0.1, 0.15) is 5.75 Å². The minimum atomic E-state index is -3.48. The lowest BCUT2D eigenvalue weighted by atomic mass is 9.89.